The van der Waals surface area contributed by atoms with Crippen molar-refractivity contribution in [2.24, 2.45) is 0 Å². The lowest BCUT2D eigenvalue weighted by molar-refractivity contribution is 0.0650. The first kappa shape index (κ1) is 16.9. The molecule has 6 heteroatoms. The molecule has 1 aliphatic heterocycles. The van der Waals surface area contributed by atoms with Crippen molar-refractivity contribution in [3.8, 4) is 16.3 Å². The van der Waals surface area contributed by atoms with Gasteiger partial charge in [-0.1, -0.05) is 0 Å². The summed E-state index contributed by atoms with van der Waals surface area (Å²) in [5.41, 5.74) is 1.54. The lowest BCUT2D eigenvalue weighted by atomic mass is 10.2. The summed E-state index contributed by atoms with van der Waals surface area (Å²) in [5.74, 6) is 0.863. The van der Waals surface area contributed by atoms with Crippen molar-refractivity contribution in [1.29, 1.82) is 0 Å². The number of carbonyl (C=O) groups excluding carboxylic acids is 1. The Morgan fingerprint density at radius 3 is 2.79 bits per heavy atom. The third-order valence-corrected chi connectivity index (χ3v) is 4.85. The first-order valence-corrected chi connectivity index (χ1v) is 9.17. The predicted molar refractivity (Wildman–Crippen MR) is 96.7 cm³/mol. The maximum absolute atomic E-state index is 12.7. The van der Waals surface area contributed by atoms with E-state index in [9.17, 15) is 4.79 Å². The number of benzene rings is 1. The zero-order valence-corrected chi connectivity index (χ0v) is 15.1. The minimum Gasteiger partial charge on any atom is -0.491 e. The number of nitrogens with one attached hydrogen (secondary N) is 1. The normalized spacial score (nSPS) is 18.0. The van der Waals surface area contributed by atoms with E-state index in [0.717, 1.165) is 36.0 Å². The number of piperazine rings is 1. The molecule has 2 aromatic rings. The van der Waals surface area contributed by atoms with Crippen LogP contribution in [0.5, 0.6) is 5.75 Å². The third-order valence-electron chi connectivity index (χ3n) is 3.96. The van der Waals surface area contributed by atoms with Crippen LogP contribution in [0.15, 0.2) is 29.6 Å². The van der Waals surface area contributed by atoms with Crippen molar-refractivity contribution in [3.63, 3.8) is 0 Å². The summed E-state index contributed by atoms with van der Waals surface area (Å²) >= 11 is 1.50. The first-order chi connectivity index (χ1) is 11.5. The molecular weight excluding hydrogens is 322 g/mol. The first-order valence-electron chi connectivity index (χ1n) is 8.29. The number of ether oxygens (including phenoxy) is 1. The van der Waals surface area contributed by atoms with Gasteiger partial charge >= 0.3 is 0 Å². The van der Waals surface area contributed by atoms with Crippen LogP contribution in [0.3, 0.4) is 0 Å². The van der Waals surface area contributed by atoms with Crippen LogP contribution in [0.25, 0.3) is 10.6 Å². The number of amides is 1. The Kier molecular flexibility index (Phi) is 5.16. The highest BCUT2D eigenvalue weighted by atomic mass is 32.1. The quantitative estimate of drug-likeness (QED) is 0.925. The lowest BCUT2D eigenvalue weighted by Gasteiger charge is -2.33. The number of aromatic nitrogens is 1. The fourth-order valence-electron chi connectivity index (χ4n) is 2.74. The van der Waals surface area contributed by atoms with Gasteiger partial charge in [-0.15, -0.1) is 11.3 Å². The van der Waals surface area contributed by atoms with Crippen molar-refractivity contribution in [1.82, 2.24) is 15.2 Å². The molecule has 0 radical (unpaired) electrons. The molecule has 1 amide bonds. The highest BCUT2D eigenvalue weighted by molar-refractivity contribution is 7.13. The van der Waals surface area contributed by atoms with E-state index in [0.29, 0.717) is 5.69 Å². The molecule has 0 bridgehead atoms. The molecule has 1 N–H and O–H groups in total. The van der Waals surface area contributed by atoms with Gasteiger partial charge in [0.15, 0.2) is 0 Å². The fourth-order valence-corrected chi connectivity index (χ4v) is 3.54. The van der Waals surface area contributed by atoms with Gasteiger partial charge in [0.2, 0.25) is 0 Å². The van der Waals surface area contributed by atoms with Gasteiger partial charge in [-0.05, 0) is 45.0 Å². The SMILES string of the molecule is CC(C)Oc1ccc(-c2nc(C(=O)N3CCNC[C@@H]3C)cs2)cc1. The summed E-state index contributed by atoms with van der Waals surface area (Å²) in [5, 5.41) is 6.01. The highest BCUT2D eigenvalue weighted by Gasteiger charge is 2.25. The Hall–Kier alpha value is -1.92. The lowest BCUT2D eigenvalue weighted by Crippen LogP contribution is -2.52. The molecule has 5 nitrogen and oxygen atoms in total. The van der Waals surface area contributed by atoms with E-state index in [1.807, 2.05) is 48.4 Å². The summed E-state index contributed by atoms with van der Waals surface area (Å²) < 4.78 is 5.66. The zero-order valence-electron chi connectivity index (χ0n) is 14.3. The van der Waals surface area contributed by atoms with E-state index >= 15 is 0 Å². The summed E-state index contributed by atoms with van der Waals surface area (Å²) in [6.45, 7) is 8.47. The molecular formula is C18H23N3O2S. The van der Waals surface area contributed by atoms with Crippen LogP contribution in [0, 0.1) is 0 Å². The van der Waals surface area contributed by atoms with E-state index < -0.39 is 0 Å². The number of thiazole rings is 1. The summed E-state index contributed by atoms with van der Waals surface area (Å²) in [4.78, 5) is 19.1. The molecule has 1 atom stereocenters. The average Bonchev–Trinajstić information content (AvgIpc) is 3.05. The molecule has 24 heavy (non-hydrogen) atoms. The minimum absolute atomic E-state index is 0.0197. The number of hydrogen-bond acceptors (Lipinski definition) is 5. The maximum atomic E-state index is 12.7. The molecule has 0 aliphatic carbocycles. The summed E-state index contributed by atoms with van der Waals surface area (Å²) in [6, 6.07) is 8.05. The second kappa shape index (κ2) is 7.32. The number of nitrogens with zero attached hydrogens (tertiary/aromatic N) is 2. The molecule has 1 aromatic carbocycles. The summed E-state index contributed by atoms with van der Waals surface area (Å²) in [6.07, 6.45) is 0.154. The van der Waals surface area contributed by atoms with Gasteiger partial charge in [-0.25, -0.2) is 4.98 Å². The van der Waals surface area contributed by atoms with E-state index in [-0.39, 0.29) is 18.1 Å². The molecule has 128 valence electrons. The Labute approximate surface area is 146 Å². The van der Waals surface area contributed by atoms with Crippen LogP contribution in [-0.2, 0) is 0 Å². The molecule has 0 saturated carbocycles. The number of hydrogen-bond donors (Lipinski definition) is 1. The second-order valence-electron chi connectivity index (χ2n) is 6.28. The standard InChI is InChI=1S/C18H23N3O2S/c1-12(2)23-15-6-4-14(5-7-15)17-20-16(11-24-17)18(22)21-9-8-19-10-13(21)3/h4-7,11-13,19H,8-10H2,1-3H3/t13-/m0/s1. The van der Waals surface area contributed by atoms with E-state index in [1.165, 1.54) is 11.3 Å². The Morgan fingerprint density at radius 2 is 2.12 bits per heavy atom. The molecule has 1 aliphatic rings. The highest BCUT2D eigenvalue weighted by Crippen LogP contribution is 2.27. The van der Waals surface area contributed by atoms with Crippen molar-refractivity contribution in [2.45, 2.75) is 32.9 Å². The molecule has 1 aromatic heterocycles. The van der Waals surface area contributed by atoms with Gasteiger partial charge < -0.3 is 15.0 Å². The smallest absolute Gasteiger partial charge is 0.273 e. The van der Waals surface area contributed by atoms with Gasteiger partial charge in [0, 0.05) is 36.6 Å². The maximum Gasteiger partial charge on any atom is 0.273 e. The third kappa shape index (κ3) is 3.76. The van der Waals surface area contributed by atoms with Crippen molar-refractivity contribution >= 4 is 17.2 Å². The molecule has 2 heterocycles. The van der Waals surface area contributed by atoms with Gasteiger partial charge in [0.1, 0.15) is 16.5 Å². The van der Waals surface area contributed by atoms with Crippen LogP contribution in [0.2, 0.25) is 0 Å². The number of carbonyl (C=O) groups is 1. The Bertz CT molecular complexity index is 697. The predicted octanol–water partition coefficient (Wildman–Crippen LogP) is 3.03. The van der Waals surface area contributed by atoms with Crippen molar-refractivity contribution < 1.29 is 9.53 Å². The van der Waals surface area contributed by atoms with Crippen LogP contribution in [0.4, 0.5) is 0 Å². The van der Waals surface area contributed by atoms with Crippen LogP contribution < -0.4 is 10.1 Å². The van der Waals surface area contributed by atoms with Crippen molar-refractivity contribution in [2.75, 3.05) is 19.6 Å². The van der Waals surface area contributed by atoms with Gasteiger partial charge in [-0.3, -0.25) is 4.79 Å². The van der Waals surface area contributed by atoms with Crippen molar-refractivity contribution in [3.05, 3.63) is 35.3 Å². The fraction of sp³-hybridized carbons (Fsp3) is 0.444. The molecule has 1 saturated heterocycles. The van der Waals surface area contributed by atoms with Gasteiger partial charge in [0.05, 0.1) is 6.10 Å². The second-order valence-corrected chi connectivity index (χ2v) is 7.14. The van der Waals surface area contributed by atoms with E-state index in [4.69, 9.17) is 4.74 Å². The van der Waals surface area contributed by atoms with Gasteiger partial charge in [-0.2, -0.15) is 0 Å². The Morgan fingerprint density at radius 1 is 1.38 bits per heavy atom. The molecule has 3 rings (SSSR count). The number of rotatable bonds is 4. The van der Waals surface area contributed by atoms with Crippen LogP contribution in [-0.4, -0.2) is 47.6 Å². The van der Waals surface area contributed by atoms with Crippen LogP contribution in [0.1, 0.15) is 31.3 Å². The van der Waals surface area contributed by atoms with Gasteiger partial charge in [0.25, 0.3) is 5.91 Å². The topological polar surface area (TPSA) is 54.5 Å². The molecule has 0 spiro atoms. The molecule has 0 unspecified atom stereocenters. The average molecular weight is 345 g/mol. The van der Waals surface area contributed by atoms with Crippen LogP contribution >= 0.6 is 11.3 Å². The molecule has 1 fully saturated rings. The zero-order chi connectivity index (χ0) is 17.1. The van der Waals surface area contributed by atoms with E-state index in [2.05, 4.69) is 17.2 Å². The summed E-state index contributed by atoms with van der Waals surface area (Å²) in [7, 11) is 0. The largest absolute Gasteiger partial charge is 0.491 e. The monoisotopic (exact) mass is 345 g/mol. The Balaban J connectivity index is 1.74. The minimum atomic E-state index is 0.0197. The van der Waals surface area contributed by atoms with E-state index in [1.54, 1.807) is 0 Å².